The van der Waals surface area contributed by atoms with Crippen molar-refractivity contribution in [1.29, 1.82) is 0 Å². The lowest BCUT2D eigenvalue weighted by Gasteiger charge is -2.18. The van der Waals surface area contributed by atoms with Crippen molar-refractivity contribution in [2.45, 2.75) is 27.3 Å². The number of nitrogens with one attached hydrogen (secondary N) is 2. The molecule has 0 aliphatic heterocycles. The van der Waals surface area contributed by atoms with Gasteiger partial charge in [0.05, 0.1) is 6.20 Å². The molecule has 0 aromatic carbocycles. The Morgan fingerprint density at radius 1 is 1.67 bits per heavy atom. The second kappa shape index (κ2) is 6.04. The number of hydrogen-bond acceptors (Lipinski definition) is 4. The highest BCUT2D eigenvalue weighted by molar-refractivity contribution is 6.02. The van der Waals surface area contributed by atoms with E-state index in [1.807, 2.05) is 20.8 Å². The van der Waals surface area contributed by atoms with Crippen LogP contribution in [0.1, 0.15) is 25.1 Å². The first-order valence-electron chi connectivity index (χ1n) is 5.71. The fraction of sp³-hybridized carbons (Fsp3) is 0.545. The van der Waals surface area contributed by atoms with E-state index in [9.17, 15) is 4.79 Å². The minimum Gasteiger partial charge on any atom is -0.409 e. The van der Waals surface area contributed by atoms with Crippen molar-refractivity contribution >= 4 is 11.7 Å². The predicted molar refractivity (Wildman–Crippen MR) is 66.9 cm³/mol. The maximum Gasteiger partial charge on any atom is 0.231 e. The van der Waals surface area contributed by atoms with Crippen molar-refractivity contribution in [3.8, 4) is 0 Å². The van der Waals surface area contributed by atoms with E-state index >= 15 is 0 Å². The molecular weight excluding hydrogens is 234 g/mol. The number of rotatable bonds is 5. The van der Waals surface area contributed by atoms with Gasteiger partial charge < -0.3 is 16.3 Å². The van der Waals surface area contributed by atoms with Crippen molar-refractivity contribution in [3.05, 3.63) is 17.5 Å². The molecule has 1 unspecified atom stereocenters. The number of nitrogens with two attached hydrogens (primary N) is 1. The Morgan fingerprint density at radius 2 is 2.33 bits per heavy atom. The molecule has 1 aromatic heterocycles. The molecule has 0 bridgehead atoms. The van der Waals surface area contributed by atoms with E-state index in [4.69, 9.17) is 10.9 Å². The van der Waals surface area contributed by atoms with Crippen LogP contribution in [0.4, 0.5) is 0 Å². The number of aromatic amines is 1. The molecule has 7 heteroatoms. The van der Waals surface area contributed by atoms with Crippen LogP contribution in [0.2, 0.25) is 0 Å². The molecule has 18 heavy (non-hydrogen) atoms. The van der Waals surface area contributed by atoms with Crippen LogP contribution in [0.15, 0.2) is 11.4 Å². The van der Waals surface area contributed by atoms with Crippen LogP contribution in [0.3, 0.4) is 0 Å². The quantitative estimate of drug-likeness (QED) is 0.262. The van der Waals surface area contributed by atoms with Crippen LogP contribution in [0.25, 0.3) is 0 Å². The number of amidine groups is 1. The maximum absolute atomic E-state index is 12.0. The lowest BCUT2D eigenvalue weighted by Crippen LogP contribution is -2.41. The predicted octanol–water partition coefficient (Wildman–Crippen LogP) is 0.353. The molecule has 1 heterocycles. The molecule has 1 amide bonds. The molecule has 0 fully saturated rings. The number of aromatic nitrogens is 2. The first-order chi connectivity index (χ1) is 8.47. The Kier molecular flexibility index (Phi) is 4.70. The summed E-state index contributed by atoms with van der Waals surface area (Å²) in [6, 6.07) is 0. The summed E-state index contributed by atoms with van der Waals surface area (Å²) in [7, 11) is 0. The third-order valence-electron chi connectivity index (χ3n) is 2.77. The van der Waals surface area contributed by atoms with Crippen LogP contribution in [0, 0.1) is 18.8 Å². The van der Waals surface area contributed by atoms with Gasteiger partial charge >= 0.3 is 0 Å². The van der Waals surface area contributed by atoms with Gasteiger partial charge in [-0.15, -0.1) is 0 Å². The van der Waals surface area contributed by atoms with E-state index < -0.39 is 5.92 Å². The monoisotopic (exact) mass is 253 g/mol. The number of nitrogens with zero attached hydrogens (tertiary/aromatic N) is 2. The van der Waals surface area contributed by atoms with E-state index in [-0.39, 0.29) is 17.7 Å². The van der Waals surface area contributed by atoms with E-state index in [2.05, 4.69) is 20.7 Å². The van der Waals surface area contributed by atoms with Crippen molar-refractivity contribution in [2.75, 3.05) is 0 Å². The van der Waals surface area contributed by atoms with Crippen LogP contribution < -0.4 is 11.1 Å². The molecule has 7 nitrogen and oxygen atoms in total. The van der Waals surface area contributed by atoms with Gasteiger partial charge in [-0.2, -0.15) is 5.10 Å². The molecule has 0 aliphatic rings. The lowest BCUT2D eigenvalue weighted by molar-refractivity contribution is -0.124. The van der Waals surface area contributed by atoms with Crippen LogP contribution in [-0.2, 0) is 11.3 Å². The topological polar surface area (TPSA) is 116 Å². The van der Waals surface area contributed by atoms with Crippen molar-refractivity contribution < 1.29 is 10.0 Å². The fourth-order valence-corrected chi connectivity index (χ4v) is 1.69. The minimum absolute atomic E-state index is 0.0497. The summed E-state index contributed by atoms with van der Waals surface area (Å²) < 4.78 is 0. The molecule has 1 rings (SSSR count). The Balaban J connectivity index is 2.66. The SMILES string of the molecule is Cc1[nH]ncc1CNC(=O)C(C(N)=NO)C(C)C. The Bertz CT molecular complexity index is 438. The third kappa shape index (κ3) is 3.22. The smallest absolute Gasteiger partial charge is 0.231 e. The highest BCUT2D eigenvalue weighted by Crippen LogP contribution is 2.12. The second-order valence-electron chi connectivity index (χ2n) is 4.48. The number of hydrogen-bond donors (Lipinski definition) is 4. The fourth-order valence-electron chi connectivity index (χ4n) is 1.69. The summed E-state index contributed by atoms with van der Waals surface area (Å²) in [5.41, 5.74) is 7.33. The van der Waals surface area contributed by atoms with Gasteiger partial charge in [-0.3, -0.25) is 9.89 Å². The standard InChI is InChI=1S/C11H19N5O2/c1-6(2)9(10(12)16-18)11(17)13-4-8-5-14-15-7(8)3/h5-6,9,18H,4H2,1-3H3,(H2,12,16)(H,13,17)(H,14,15). The average Bonchev–Trinajstić information content (AvgIpc) is 2.71. The van der Waals surface area contributed by atoms with Crippen LogP contribution in [-0.4, -0.2) is 27.1 Å². The highest BCUT2D eigenvalue weighted by atomic mass is 16.4. The van der Waals surface area contributed by atoms with Gasteiger partial charge in [0.2, 0.25) is 5.91 Å². The summed E-state index contributed by atoms with van der Waals surface area (Å²) in [5, 5.41) is 21.0. The molecule has 100 valence electrons. The lowest BCUT2D eigenvalue weighted by atomic mass is 9.94. The van der Waals surface area contributed by atoms with E-state index in [0.29, 0.717) is 6.54 Å². The number of carbonyl (C=O) groups excluding carboxylic acids is 1. The Morgan fingerprint density at radius 3 is 2.78 bits per heavy atom. The third-order valence-corrected chi connectivity index (χ3v) is 2.77. The number of oxime groups is 1. The summed E-state index contributed by atoms with van der Waals surface area (Å²) in [6.45, 7) is 5.91. The largest absolute Gasteiger partial charge is 0.409 e. The molecule has 0 saturated carbocycles. The Hall–Kier alpha value is -2.05. The van der Waals surface area contributed by atoms with E-state index in [1.165, 1.54) is 0 Å². The second-order valence-corrected chi connectivity index (χ2v) is 4.48. The van der Waals surface area contributed by atoms with Gasteiger partial charge in [-0.1, -0.05) is 19.0 Å². The molecule has 0 radical (unpaired) electrons. The van der Waals surface area contributed by atoms with Gasteiger partial charge in [-0.25, -0.2) is 0 Å². The normalized spacial score (nSPS) is 13.7. The highest BCUT2D eigenvalue weighted by Gasteiger charge is 2.26. The minimum atomic E-state index is -0.637. The van der Waals surface area contributed by atoms with Crippen molar-refractivity contribution in [3.63, 3.8) is 0 Å². The average molecular weight is 253 g/mol. The van der Waals surface area contributed by atoms with E-state index in [0.717, 1.165) is 11.3 Å². The maximum atomic E-state index is 12.0. The van der Waals surface area contributed by atoms with E-state index in [1.54, 1.807) is 6.20 Å². The van der Waals surface area contributed by atoms with Crippen molar-refractivity contribution in [2.24, 2.45) is 22.7 Å². The summed E-state index contributed by atoms with van der Waals surface area (Å²) in [6.07, 6.45) is 1.66. The Labute approximate surface area is 105 Å². The zero-order valence-electron chi connectivity index (χ0n) is 10.8. The summed E-state index contributed by atoms with van der Waals surface area (Å²) in [5.74, 6) is -1.03. The molecule has 1 atom stereocenters. The number of carbonyl (C=O) groups is 1. The van der Waals surface area contributed by atoms with Gasteiger partial charge in [0.25, 0.3) is 0 Å². The van der Waals surface area contributed by atoms with Gasteiger partial charge in [-0.05, 0) is 12.8 Å². The number of H-pyrrole nitrogens is 1. The summed E-state index contributed by atoms with van der Waals surface area (Å²) in [4.78, 5) is 12.0. The molecule has 0 saturated heterocycles. The molecular formula is C11H19N5O2. The molecule has 0 spiro atoms. The van der Waals surface area contributed by atoms with Crippen LogP contribution >= 0.6 is 0 Å². The van der Waals surface area contributed by atoms with Crippen LogP contribution in [0.5, 0.6) is 0 Å². The van der Waals surface area contributed by atoms with Gasteiger partial charge in [0, 0.05) is 17.8 Å². The van der Waals surface area contributed by atoms with Gasteiger partial charge in [0.15, 0.2) is 5.84 Å². The molecule has 1 aromatic rings. The number of amides is 1. The van der Waals surface area contributed by atoms with Crippen molar-refractivity contribution in [1.82, 2.24) is 15.5 Å². The zero-order valence-corrected chi connectivity index (χ0v) is 10.8. The zero-order chi connectivity index (χ0) is 13.7. The molecule has 5 N–H and O–H groups in total. The summed E-state index contributed by atoms with van der Waals surface area (Å²) >= 11 is 0. The number of aryl methyl sites for hydroxylation is 1. The van der Waals surface area contributed by atoms with Gasteiger partial charge in [0.1, 0.15) is 5.92 Å². The first kappa shape index (κ1) is 14.0. The first-order valence-corrected chi connectivity index (χ1v) is 5.71. The molecule has 0 aliphatic carbocycles.